The van der Waals surface area contributed by atoms with E-state index < -0.39 is 19.3 Å². The lowest BCUT2D eigenvalue weighted by Gasteiger charge is -2.30. The van der Waals surface area contributed by atoms with Gasteiger partial charge in [0.15, 0.2) is 5.78 Å². The van der Waals surface area contributed by atoms with Gasteiger partial charge in [0.2, 0.25) is 0 Å². The summed E-state index contributed by atoms with van der Waals surface area (Å²) in [5, 5.41) is 10.7. The van der Waals surface area contributed by atoms with Crippen LogP contribution in [0.4, 0.5) is 0 Å². The second-order valence-electron chi connectivity index (χ2n) is 9.58. The molecule has 0 saturated carbocycles. The second kappa shape index (κ2) is 16.2. The number of ketones is 2. The average Bonchev–Trinajstić information content (AvgIpc) is 2.91. The average molecular weight is 551 g/mol. The Morgan fingerprint density at radius 1 is 0.865 bits per heavy atom. The Kier molecular flexibility index (Phi) is 13.8. The smallest absolute Gasteiger partial charge is 0.385 e. The first-order valence-electron chi connectivity index (χ1n) is 12.5. The first-order valence-corrected chi connectivity index (χ1v) is 15.3. The molecule has 0 radical (unpaired) electrons. The van der Waals surface area contributed by atoms with Gasteiger partial charge in [0.25, 0.3) is 0 Å². The number of carbonyl (C=O) groups excluding carboxylic acids is 2. The number of hydrogen-bond acceptors (Lipinski definition) is 8. The largest absolute Gasteiger partial charge is 0.475 e. The Balaban J connectivity index is 1.93. The van der Waals surface area contributed by atoms with Crippen molar-refractivity contribution >= 4 is 31.2 Å². The Bertz CT molecular complexity index is 951. The predicted octanol–water partition coefficient (Wildman–Crippen LogP) is 6.38. The van der Waals surface area contributed by atoms with Crippen LogP contribution >= 0.6 is 19.6 Å². The van der Waals surface area contributed by atoms with E-state index in [1.807, 2.05) is 66.9 Å². The number of thioether (sulfide) groups is 1. The lowest BCUT2D eigenvalue weighted by atomic mass is 9.84. The van der Waals surface area contributed by atoms with E-state index in [0.29, 0.717) is 19.3 Å². The van der Waals surface area contributed by atoms with Crippen molar-refractivity contribution in [3.8, 4) is 0 Å². The van der Waals surface area contributed by atoms with Crippen LogP contribution in [0.25, 0.3) is 0 Å². The predicted molar refractivity (Wildman–Crippen MR) is 147 cm³/mol. The highest BCUT2D eigenvalue weighted by Gasteiger charge is 2.37. The van der Waals surface area contributed by atoms with Gasteiger partial charge in [-0.3, -0.25) is 23.2 Å². The van der Waals surface area contributed by atoms with Gasteiger partial charge in [0.05, 0.1) is 19.8 Å². The molecule has 1 N–H and O–H groups in total. The van der Waals surface area contributed by atoms with Crippen LogP contribution in [-0.4, -0.2) is 41.4 Å². The molecule has 1 atom stereocenters. The van der Waals surface area contributed by atoms with Gasteiger partial charge < -0.3 is 5.11 Å². The van der Waals surface area contributed by atoms with E-state index in [-0.39, 0.29) is 37.8 Å². The van der Waals surface area contributed by atoms with Crippen molar-refractivity contribution in [3.05, 3.63) is 71.8 Å². The molecule has 2 aromatic carbocycles. The molecule has 0 aromatic heterocycles. The van der Waals surface area contributed by atoms with E-state index in [2.05, 4.69) is 0 Å². The number of carbonyl (C=O) groups is 2. The molecule has 7 nitrogen and oxygen atoms in total. The van der Waals surface area contributed by atoms with Crippen LogP contribution in [-0.2, 0) is 40.9 Å². The number of aliphatic hydroxyl groups is 1. The molecule has 0 bridgehead atoms. The molecule has 0 saturated heterocycles. The Morgan fingerprint density at radius 2 is 1.38 bits per heavy atom. The lowest BCUT2D eigenvalue weighted by molar-refractivity contribution is -0.135. The highest BCUT2D eigenvalue weighted by molar-refractivity contribution is 7.98. The van der Waals surface area contributed by atoms with Crippen molar-refractivity contribution < 1.29 is 32.8 Å². The Labute approximate surface area is 224 Å². The van der Waals surface area contributed by atoms with Crippen molar-refractivity contribution in [2.24, 2.45) is 5.41 Å². The van der Waals surface area contributed by atoms with E-state index in [1.165, 1.54) is 0 Å². The van der Waals surface area contributed by atoms with Gasteiger partial charge in [0.1, 0.15) is 11.9 Å². The van der Waals surface area contributed by atoms with Crippen molar-refractivity contribution in [2.45, 2.75) is 65.3 Å². The lowest BCUT2D eigenvalue weighted by Crippen LogP contribution is -2.39. The summed E-state index contributed by atoms with van der Waals surface area (Å²) in [7, 11) is -4.03. The standard InChI is InChI=1S/C28H39O7PS/c1-28(2,27(31)26(30)18-10-16-25(29)17-11-19-37-3)22-35-36(32,33-20-23-12-6-4-7-13-23)34-21-24-14-8-5-9-15-24/h4-9,12-15,27,31H,10-11,16-22H2,1-3H3. The first-order chi connectivity index (χ1) is 17.6. The van der Waals surface area contributed by atoms with Crippen LogP contribution in [0.15, 0.2) is 60.7 Å². The third-order valence-corrected chi connectivity index (χ3v) is 7.82. The molecule has 204 valence electrons. The van der Waals surface area contributed by atoms with Gasteiger partial charge in [-0.25, -0.2) is 4.57 Å². The number of Topliss-reactive ketones (excluding diaryl/α,β-unsaturated/α-hetero) is 2. The van der Waals surface area contributed by atoms with Gasteiger partial charge in [-0.15, -0.1) is 0 Å². The summed E-state index contributed by atoms with van der Waals surface area (Å²) in [6.07, 6.45) is 2.79. The number of aliphatic hydroxyl groups excluding tert-OH is 1. The van der Waals surface area contributed by atoms with E-state index in [1.54, 1.807) is 25.6 Å². The van der Waals surface area contributed by atoms with E-state index in [9.17, 15) is 19.3 Å². The molecule has 0 fully saturated rings. The van der Waals surface area contributed by atoms with Crippen LogP contribution in [0, 0.1) is 5.41 Å². The summed E-state index contributed by atoms with van der Waals surface area (Å²) in [6, 6.07) is 18.5. The number of phosphoric acid groups is 1. The minimum absolute atomic E-state index is 0.0137. The molecule has 37 heavy (non-hydrogen) atoms. The van der Waals surface area contributed by atoms with Crippen molar-refractivity contribution in [1.29, 1.82) is 0 Å². The quantitative estimate of drug-likeness (QED) is 0.159. The minimum atomic E-state index is -4.03. The van der Waals surface area contributed by atoms with E-state index >= 15 is 0 Å². The van der Waals surface area contributed by atoms with Crippen molar-refractivity contribution in [3.63, 3.8) is 0 Å². The SMILES string of the molecule is CSCCCC(=O)CCCC(=O)C(O)C(C)(C)COP(=O)(OCc1ccccc1)OCc1ccccc1. The molecule has 2 rings (SSSR count). The molecule has 1 unspecified atom stereocenters. The summed E-state index contributed by atoms with van der Waals surface area (Å²) in [6.45, 7) is 3.11. The number of phosphoric ester groups is 1. The minimum Gasteiger partial charge on any atom is -0.385 e. The van der Waals surface area contributed by atoms with Crippen molar-refractivity contribution in [1.82, 2.24) is 0 Å². The Morgan fingerprint density at radius 3 is 1.89 bits per heavy atom. The number of rotatable bonds is 19. The van der Waals surface area contributed by atoms with Crippen LogP contribution in [0.2, 0.25) is 0 Å². The van der Waals surface area contributed by atoms with Gasteiger partial charge in [-0.2, -0.15) is 11.8 Å². The summed E-state index contributed by atoms with van der Waals surface area (Å²) in [4.78, 5) is 24.6. The van der Waals surface area contributed by atoms with Crippen LogP contribution in [0.1, 0.15) is 57.1 Å². The maximum atomic E-state index is 13.5. The topological polar surface area (TPSA) is 99.1 Å². The maximum absolute atomic E-state index is 13.5. The molecule has 2 aromatic rings. The third kappa shape index (κ3) is 12.1. The van der Waals surface area contributed by atoms with E-state index in [4.69, 9.17) is 13.6 Å². The van der Waals surface area contributed by atoms with Gasteiger partial charge in [-0.1, -0.05) is 74.5 Å². The maximum Gasteiger partial charge on any atom is 0.475 e. The first kappa shape index (κ1) is 31.4. The van der Waals surface area contributed by atoms with Gasteiger partial charge in [-0.05, 0) is 36.0 Å². The molecule has 0 aliphatic rings. The molecule has 0 aliphatic heterocycles. The van der Waals surface area contributed by atoms with Crippen LogP contribution in [0.3, 0.4) is 0 Å². The summed E-state index contributed by atoms with van der Waals surface area (Å²) < 4.78 is 30.4. The molecular formula is C28H39O7PS. The number of benzene rings is 2. The molecule has 0 aliphatic carbocycles. The highest BCUT2D eigenvalue weighted by atomic mass is 32.2. The van der Waals surface area contributed by atoms with Gasteiger partial charge >= 0.3 is 7.82 Å². The highest BCUT2D eigenvalue weighted by Crippen LogP contribution is 2.52. The molecule has 0 spiro atoms. The third-order valence-electron chi connectivity index (χ3n) is 5.79. The summed E-state index contributed by atoms with van der Waals surface area (Å²) in [5.74, 6) is 0.688. The normalized spacial score (nSPS) is 12.9. The van der Waals surface area contributed by atoms with Crippen molar-refractivity contribution in [2.75, 3.05) is 18.6 Å². The Hall–Kier alpha value is -1.80. The van der Waals surface area contributed by atoms with E-state index in [0.717, 1.165) is 23.3 Å². The van der Waals surface area contributed by atoms with Crippen LogP contribution in [0.5, 0.6) is 0 Å². The fraction of sp³-hybridized carbons (Fsp3) is 0.500. The summed E-state index contributed by atoms with van der Waals surface area (Å²) >= 11 is 1.70. The monoisotopic (exact) mass is 550 g/mol. The molecule has 9 heteroatoms. The van der Waals surface area contributed by atoms with Gasteiger partial charge in [0, 0.05) is 24.7 Å². The fourth-order valence-electron chi connectivity index (χ4n) is 3.46. The zero-order chi connectivity index (χ0) is 27.2. The molecular weight excluding hydrogens is 511 g/mol. The zero-order valence-electron chi connectivity index (χ0n) is 22.0. The van der Waals surface area contributed by atoms with Crippen LogP contribution < -0.4 is 0 Å². The molecule has 0 amide bonds. The number of hydrogen-bond donors (Lipinski definition) is 1. The molecule has 0 heterocycles. The summed E-state index contributed by atoms with van der Waals surface area (Å²) in [5.41, 5.74) is 0.542. The zero-order valence-corrected chi connectivity index (χ0v) is 23.7. The fourth-order valence-corrected chi connectivity index (χ4v) is 5.22. The second-order valence-corrected chi connectivity index (χ2v) is 12.2.